The summed E-state index contributed by atoms with van der Waals surface area (Å²) in [4.78, 5) is 15.5. The maximum atomic E-state index is 13.6. The van der Waals surface area contributed by atoms with Crippen molar-refractivity contribution in [2.75, 3.05) is 19.7 Å². The monoisotopic (exact) mass is 413 g/mol. The van der Waals surface area contributed by atoms with E-state index in [9.17, 15) is 4.79 Å². The zero-order valence-electron chi connectivity index (χ0n) is 17.8. The molecule has 31 heavy (non-hydrogen) atoms. The molecule has 0 unspecified atom stereocenters. The number of hydrogen-bond acceptors (Lipinski definition) is 3. The lowest BCUT2D eigenvalue weighted by Gasteiger charge is -2.42. The molecule has 2 aromatic carbocycles. The van der Waals surface area contributed by atoms with E-state index in [-0.39, 0.29) is 11.5 Å². The van der Waals surface area contributed by atoms with Crippen LogP contribution in [0.5, 0.6) is 0 Å². The maximum Gasteiger partial charge on any atom is 0.272 e. The van der Waals surface area contributed by atoms with Crippen LogP contribution in [0.25, 0.3) is 16.9 Å². The summed E-state index contributed by atoms with van der Waals surface area (Å²) in [6, 6.07) is 21.8. The van der Waals surface area contributed by atoms with Crippen molar-refractivity contribution in [2.24, 2.45) is 0 Å². The van der Waals surface area contributed by atoms with Gasteiger partial charge in [-0.1, -0.05) is 60.2 Å². The quantitative estimate of drug-likeness (QED) is 0.575. The lowest BCUT2D eigenvalue weighted by molar-refractivity contribution is -0.0523. The summed E-state index contributed by atoms with van der Waals surface area (Å²) in [5.74, 6) is 0.0184. The third-order valence-electron chi connectivity index (χ3n) is 6.29. The van der Waals surface area contributed by atoms with Crippen molar-refractivity contribution in [3.05, 3.63) is 84.1 Å². The second-order valence-corrected chi connectivity index (χ2v) is 8.47. The first-order chi connectivity index (χ1) is 15.1. The van der Waals surface area contributed by atoms with Crippen molar-refractivity contribution in [3.8, 4) is 16.9 Å². The molecule has 1 aromatic heterocycles. The highest BCUT2D eigenvalue weighted by Gasteiger charge is 2.37. The average Bonchev–Trinajstić information content (AvgIpc) is 3.26. The largest absolute Gasteiger partial charge is 0.370 e. The number of hydrogen-bond donors (Lipinski definition) is 0. The summed E-state index contributed by atoms with van der Waals surface area (Å²) < 4.78 is 7.91. The zero-order valence-corrected chi connectivity index (χ0v) is 17.8. The van der Waals surface area contributed by atoms with Crippen LogP contribution < -0.4 is 0 Å². The third-order valence-corrected chi connectivity index (χ3v) is 6.29. The van der Waals surface area contributed by atoms with Gasteiger partial charge in [0, 0.05) is 18.7 Å². The average molecular weight is 414 g/mol. The fourth-order valence-corrected chi connectivity index (χ4v) is 4.57. The lowest BCUT2D eigenvalue weighted by Crippen LogP contribution is -2.48. The Kier molecular flexibility index (Phi) is 5.20. The highest BCUT2D eigenvalue weighted by Crippen LogP contribution is 2.34. The zero-order chi connectivity index (χ0) is 21.3. The molecule has 0 saturated carbocycles. The van der Waals surface area contributed by atoms with E-state index in [1.165, 1.54) is 5.57 Å². The molecule has 0 radical (unpaired) electrons. The van der Waals surface area contributed by atoms with Gasteiger partial charge in [0.25, 0.3) is 5.91 Å². The van der Waals surface area contributed by atoms with Gasteiger partial charge in [-0.2, -0.15) is 5.10 Å². The number of carbonyl (C=O) groups is 1. The van der Waals surface area contributed by atoms with Gasteiger partial charge in [0.2, 0.25) is 0 Å². The molecule has 2 aliphatic rings. The SMILES string of the molecule is CC1=CC2(CCN(C(=O)c3cc(-c4ccccc4)nn3-c3ccccc3)CC2)OCC1. The molecule has 1 saturated heterocycles. The third kappa shape index (κ3) is 3.93. The molecule has 1 fully saturated rings. The van der Waals surface area contributed by atoms with Gasteiger partial charge in [0.05, 0.1) is 23.6 Å². The number of likely N-dealkylation sites (tertiary alicyclic amines) is 1. The van der Waals surface area contributed by atoms with Crippen molar-refractivity contribution in [2.45, 2.75) is 31.8 Å². The number of piperidine rings is 1. The minimum atomic E-state index is -0.200. The van der Waals surface area contributed by atoms with Crippen molar-refractivity contribution in [1.82, 2.24) is 14.7 Å². The highest BCUT2D eigenvalue weighted by molar-refractivity contribution is 5.94. The van der Waals surface area contributed by atoms with Gasteiger partial charge >= 0.3 is 0 Å². The Labute approximate surface area is 183 Å². The van der Waals surface area contributed by atoms with Crippen LogP contribution in [0.2, 0.25) is 0 Å². The van der Waals surface area contributed by atoms with Crippen LogP contribution in [0.15, 0.2) is 78.4 Å². The molecular weight excluding hydrogens is 386 g/mol. The molecule has 0 N–H and O–H groups in total. The number of carbonyl (C=O) groups excluding carboxylic acids is 1. The summed E-state index contributed by atoms with van der Waals surface area (Å²) in [5.41, 5.74) is 4.47. The Hall–Kier alpha value is -3.18. The predicted octanol–water partition coefficient (Wildman–Crippen LogP) is 4.88. The van der Waals surface area contributed by atoms with E-state index in [4.69, 9.17) is 9.84 Å². The van der Waals surface area contributed by atoms with Gasteiger partial charge in [-0.25, -0.2) is 4.68 Å². The second-order valence-electron chi connectivity index (χ2n) is 8.47. The molecule has 158 valence electrons. The second kappa shape index (κ2) is 8.16. The first-order valence-corrected chi connectivity index (χ1v) is 11.0. The fourth-order valence-electron chi connectivity index (χ4n) is 4.57. The molecule has 5 heteroatoms. The minimum absolute atomic E-state index is 0.0184. The topological polar surface area (TPSA) is 47.4 Å². The minimum Gasteiger partial charge on any atom is -0.370 e. The Morgan fingerprint density at radius 3 is 2.35 bits per heavy atom. The highest BCUT2D eigenvalue weighted by atomic mass is 16.5. The number of nitrogens with zero attached hydrogens (tertiary/aromatic N) is 3. The smallest absolute Gasteiger partial charge is 0.272 e. The van der Waals surface area contributed by atoms with Gasteiger partial charge in [-0.15, -0.1) is 0 Å². The van der Waals surface area contributed by atoms with Crippen molar-refractivity contribution in [1.29, 1.82) is 0 Å². The molecule has 0 atom stereocenters. The van der Waals surface area contributed by atoms with Crippen molar-refractivity contribution >= 4 is 5.91 Å². The first kappa shape index (κ1) is 19.8. The van der Waals surface area contributed by atoms with Crippen molar-refractivity contribution in [3.63, 3.8) is 0 Å². The molecule has 0 aliphatic carbocycles. The number of amides is 1. The van der Waals surface area contributed by atoms with Crippen LogP contribution in [-0.4, -0.2) is 45.9 Å². The maximum absolute atomic E-state index is 13.6. The molecule has 1 spiro atoms. The Bertz CT molecular complexity index is 1090. The molecule has 2 aliphatic heterocycles. The molecule has 5 nitrogen and oxygen atoms in total. The normalized spacial score (nSPS) is 18.1. The molecule has 3 heterocycles. The number of aromatic nitrogens is 2. The lowest BCUT2D eigenvalue weighted by atomic mass is 9.87. The summed E-state index contributed by atoms with van der Waals surface area (Å²) in [6.45, 7) is 4.31. The Morgan fingerprint density at radius 1 is 1.00 bits per heavy atom. The van der Waals surface area contributed by atoms with E-state index in [1.54, 1.807) is 4.68 Å². The predicted molar refractivity (Wildman–Crippen MR) is 121 cm³/mol. The van der Waals surface area contributed by atoms with Crippen LogP contribution in [0.1, 0.15) is 36.7 Å². The summed E-state index contributed by atoms with van der Waals surface area (Å²) in [7, 11) is 0. The number of benzene rings is 2. The standard InChI is InChI=1S/C26H27N3O2/c1-20-12-17-31-26(19-20)13-15-28(16-14-26)25(30)24-18-23(21-8-4-2-5-9-21)27-29(24)22-10-6-3-7-11-22/h2-11,18-19H,12-17H2,1H3. The Balaban J connectivity index is 1.45. The van der Waals surface area contributed by atoms with E-state index in [0.29, 0.717) is 18.8 Å². The molecule has 1 amide bonds. The molecule has 5 rings (SSSR count). The van der Waals surface area contributed by atoms with E-state index in [2.05, 4.69) is 13.0 Å². The summed E-state index contributed by atoms with van der Waals surface area (Å²) >= 11 is 0. The summed E-state index contributed by atoms with van der Waals surface area (Å²) in [6.07, 6.45) is 4.95. The van der Waals surface area contributed by atoms with E-state index in [0.717, 1.165) is 42.8 Å². The van der Waals surface area contributed by atoms with Gasteiger partial charge in [-0.3, -0.25) is 4.79 Å². The van der Waals surface area contributed by atoms with Gasteiger partial charge in [0.1, 0.15) is 5.69 Å². The van der Waals surface area contributed by atoms with Crippen LogP contribution in [0, 0.1) is 0 Å². The van der Waals surface area contributed by atoms with Gasteiger partial charge in [-0.05, 0) is 44.4 Å². The van der Waals surface area contributed by atoms with Crippen LogP contribution >= 0.6 is 0 Å². The molecule has 0 bridgehead atoms. The van der Waals surface area contributed by atoms with Crippen molar-refractivity contribution < 1.29 is 9.53 Å². The van der Waals surface area contributed by atoms with Gasteiger partial charge < -0.3 is 9.64 Å². The van der Waals surface area contributed by atoms with Gasteiger partial charge in [0.15, 0.2) is 0 Å². The summed E-state index contributed by atoms with van der Waals surface area (Å²) in [5, 5.41) is 4.79. The number of rotatable bonds is 3. The Morgan fingerprint density at radius 2 is 1.68 bits per heavy atom. The number of para-hydroxylation sites is 1. The van der Waals surface area contributed by atoms with Crippen LogP contribution in [-0.2, 0) is 4.74 Å². The number of ether oxygens (including phenoxy) is 1. The van der Waals surface area contributed by atoms with E-state index in [1.807, 2.05) is 71.6 Å². The molecular formula is C26H27N3O2. The van der Waals surface area contributed by atoms with E-state index < -0.39 is 0 Å². The first-order valence-electron chi connectivity index (χ1n) is 11.0. The van der Waals surface area contributed by atoms with Crippen LogP contribution in [0.3, 0.4) is 0 Å². The van der Waals surface area contributed by atoms with Crippen LogP contribution in [0.4, 0.5) is 0 Å². The molecule has 3 aromatic rings. The van der Waals surface area contributed by atoms with E-state index >= 15 is 0 Å². The fraction of sp³-hybridized carbons (Fsp3) is 0.308.